The number of rotatable bonds is 4. The molecule has 78 valence electrons. The van der Waals surface area contributed by atoms with Gasteiger partial charge in [-0.15, -0.1) is 0 Å². The largest absolute Gasteiger partial charge is 0.391 e. The van der Waals surface area contributed by atoms with Crippen LogP contribution < -0.4 is 10.9 Å². The summed E-state index contributed by atoms with van der Waals surface area (Å²) >= 11 is 0. The lowest BCUT2D eigenvalue weighted by Gasteiger charge is -2.09. The number of anilines is 1. The summed E-state index contributed by atoms with van der Waals surface area (Å²) < 4.78 is 0. The summed E-state index contributed by atoms with van der Waals surface area (Å²) in [4.78, 5) is 17.6. The van der Waals surface area contributed by atoms with Crippen LogP contribution in [0.2, 0.25) is 0 Å². The number of aromatic nitrogens is 2. The Morgan fingerprint density at radius 3 is 3.00 bits per heavy atom. The van der Waals surface area contributed by atoms with Gasteiger partial charge in [-0.2, -0.15) is 0 Å². The Morgan fingerprint density at radius 1 is 1.71 bits per heavy atom. The summed E-state index contributed by atoms with van der Waals surface area (Å²) in [5.74, 6) is 1.06. The number of nitrogens with one attached hydrogen (secondary N) is 2. The second-order valence-electron chi connectivity index (χ2n) is 3.16. The van der Waals surface area contributed by atoms with Gasteiger partial charge < -0.3 is 15.4 Å². The van der Waals surface area contributed by atoms with E-state index in [1.165, 1.54) is 6.07 Å². The summed E-state index contributed by atoms with van der Waals surface area (Å²) in [6.45, 7) is 4.01. The van der Waals surface area contributed by atoms with Crippen LogP contribution in [0.5, 0.6) is 0 Å². The second-order valence-corrected chi connectivity index (χ2v) is 3.16. The monoisotopic (exact) mass is 197 g/mol. The van der Waals surface area contributed by atoms with Gasteiger partial charge in [0.25, 0.3) is 5.56 Å². The third kappa shape index (κ3) is 3.18. The molecule has 1 aromatic heterocycles. The van der Waals surface area contributed by atoms with E-state index in [1.54, 1.807) is 6.92 Å². The maximum absolute atomic E-state index is 11.0. The predicted molar refractivity (Wildman–Crippen MR) is 54.4 cm³/mol. The first-order valence-corrected chi connectivity index (χ1v) is 4.61. The summed E-state index contributed by atoms with van der Waals surface area (Å²) in [5, 5.41) is 12.2. The highest BCUT2D eigenvalue weighted by atomic mass is 16.3. The molecular formula is C9H15N3O2. The molecule has 3 N–H and O–H groups in total. The SMILES string of the molecule is CCC(O)CNc1cc(=O)[nH]c(C)n1. The Morgan fingerprint density at radius 2 is 2.43 bits per heavy atom. The molecule has 0 radical (unpaired) electrons. The molecule has 5 nitrogen and oxygen atoms in total. The van der Waals surface area contributed by atoms with Crippen molar-refractivity contribution in [2.45, 2.75) is 26.4 Å². The number of H-pyrrole nitrogens is 1. The van der Waals surface area contributed by atoms with Crippen molar-refractivity contribution in [1.29, 1.82) is 0 Å². The van der Waals surface area contributed by atoms with Crippen molar-refractivity contribution in [1.82, 2.24) is 9.97 Å². The van der Waals surface area contributed by atoms with Gasteiger partial charge in [0.15, 0.2) is 0 Å². The molecule has 0 saturated carbocycles. The Kier molecular flexibility index (Phi) is 3.64. The van der Waals surface area contributed by atoms with Crippen LogP contribution in [-0.4, -0.2) is 27.7 Å². The standard InChI is InChI=1S/C9H15N3O2/c1-3-7(13)5-10-8-4-9(14)12-6(2)11-8/h4,7,13H,3,5H2,1-2H3,(H2,10,11,12,14). The van der Waals surface area contributed by atoms with Crippen LogP contribution in [0.3, 0.4) is 0 Å². The Balaban J connectivity index is 2.63. The van der Waals surface area contributed by atoms with Gasteiger partial charge in [-0.05, 0) is 13.3 Å². The fourth-order valence-corrected chi connectivity index (χ4v) is 1.04. The van der Waals surface area contributed by atoms with Gasteiger partial charge >= 0.3 is 0 Å². The number of aromatic amines is 1. The van der Waals surface area contributed by atoms with Gasteiger partial charge in [0.05, 0.1) is 6.10 Å². The molecule has 0 bridgehead atoms. The van der Waals surface area contributed by atoms with E-state index in [1.807, 2.05) is 6.92 Å². The molecule has 0 saturated heterocycles. The van der Waals surface area contributed by atoms with E-state index in [4.69, 9.17) is 0 Å². The molecule has 1 atom stereocenters. The summed E-state index contributed by atoms with van der Waals surface area (Å²) in [7, 11) is 0. The maximum Gasteiger partial charge on any atom is 0.252 e. The van der Waals surface area contributed by atoms with Crippen LogP contribution in [0, 0.1) is 6.92 Å². The van der Waals surface area contributed by atoms with Crippen molar-refractivity contribution in [3.05, 3.63) is 22.2 Å². The van der Waals surface area contributed by atoms with E-state index in [2.05, 4.69) is 15.3 Å². The zero-order valence-corrected chi connectivity index (χ0v) is 8.37. The normalized spacial score (nSPS) is 12.5. The van der Waals surface area contributed by atoms with Gasteiger partial charge in [0.1, 0.15) is 11.6 Å². The third-order valence-corrected chi connectivity index (χ3v) is 1.85. The molecule has 1 unspecified atom stereocenters. The average Bonchev–Trinajstić information content (AvgIpc) is 2.12. The summed E-state index contributed by atoms with van der Waals surface area (Å²) in [6.07, 6.45) is 0.270. The number of hydrogen-bond acceptors (Lipinski definition) is 4. The molecule has 1 aromatic rings. The van der Waals surface area contributed by atoms with Gasteiger partial charge in [-0.1, -0.05) is 6.92 Å². The molecule has 0 spiro atoms. The molecule has 0 fully saturated rings. The summed E-state index contributed by atoms with van der Waals surface area (Å²) in [6, 6.07) is 1.37. The lowest BCUT2D eigenvalue weighted by atomic mass is 10.3. The van der Waals surface area contributed by atoms with Crippen LogP contribution in [-0.2, 0) is 0 Å². The lowest BCUT2D eigenvalue weighted by Crippen LogP contribution is -2.20. The molecule has 0 aliphatic carbocycles. The Hall–Kier alpha value is -1.36. The van der Waals surface area contributed by atoms with E-state index in [9.17, 15) is 9.90 Å². The lowest BCUT2D eigenvalue weighted by molar-refractivity contribution is 0.183. The smallest absolute Gasteiger partial charge is 0.252 e. The quantitative estimate of drug-likeness (QED) is 0.647. The van der Waals surface area contributed by atoms with Crippen LogP contribution in [0.15, 0.2) is 10.9 Å². The fraction of sp³-hybridized carbons (Fsp3) is 0.556. The molecule has 0 aromatic carbocycles. The van der Waals surface area contributed by atoms with E-state index >= 15 is 0 Å². The van der Waals surface area contributed by atoms with E-state index in [0.29, 0.717) is 24.6 Å². The zero-order valence-electron chi connectivity index (χ0n) is 8.37. The van der Waals surface area contributed by atoms with Gasteiger partial charge in [0, 0.05) is 12.6 Å². The zero-order chi connectivity index (χ0) is 10.6. The number of aliphatic hydroxyl groups excluding tert-OH is 1. The molecular weight excluding hydrogens is 182 g/mol. The molecule has 0 aliphatic rings. The Bertz CT molecular complexity index is 348. The minimum absolute atomic E-state index is 0.189. The van der Waals surface area contributed by atoms with Crippen molar-refractivity contribution in [3.8, 4) is 0 Å². The second kappa shape index (κ2) is 4.76. The van der Waals surface area contributed by atoms with Crippen molar-refractivity contribution in [2.75, 3.05) is 11.9 Å². The minimum atomic E-state index is -0.406. The van der Waals surface area contributed by atoms with Crippen molar-refractivity contribution >= 4 is 5.82 Å². The first-order valence-electron chi connectivity index (χ1n) is 4.61. The van der Waals surface area contributed by atoms with Crippen LogP contribution in [0.1, 0.15) is 19.2 Å². The van der Waals surface area contributed by atoms with Gasteiger partial charge in [-0.25, -0.2) is 4.98 Å². The number of nitrogens with zero attached hydrogens (tertiary/aromatic N) is 1. The van der Waals surface area contributed by atoms with Crippen molar-refractivity contribution < 1.29 is 5.11 Å². The summed E-state index contributed by atoms with van der Waals surface area (Å²) in [5.41, 5.74) is -0.189. The maximum atomic E-state index is 11.0. The number of aliphatic hydroxyl groups is 1. The van der Waals surface area contributed by atoms with Gasteiger partial charge in [-0.3, -0.25) is 4.79 Å². The minimum Gasteiger partial charge on any atom is -0.391 e. The molecule has 0 aliphatic heterocycles. The molecule has 1 rings (SSSR count). The predicted octanol–water partition coefficient (Wildman–Crippen LogP) is 0.261. The van der Waals surface area contributed by atoms with E-state index in [0.717, 1.165) is 0 Å². The first-order chi connectivity index (χ1) is 6.61. The molecule has 0 amide bonds. The fourth-order valence-electron chi connectivity index (χ4n) is 1.04. The highest BCUT2D eigenvalue weighted by molar-refractivity contribution is 5.32. The number of aryl methyl sites for hydroxylation is 1. The van der Waals surface area contributed by atoms with Crippen molar-refractivity contribution in [2.24, 2.45) is 0 Å². The van der Waals surface area contributed by atoms with Crippen LogP contribution >= 0.6 is 0 Å². The van der Waals surface area contributed by atoms with Crippen LogP contribution in [0.4, 0.5) is 5.82 Å². The highest BCUT2D eigenvalue weighted by Crippen LogP contribution is 1.99. The molecule has 5 heteroatoms. The average molecular weight is 197 g/mol. The van der Waals surface area contributed by atoms with E-state index in [-0.39, 0.29) is 5.56 Å². The third-order valence-electron chi connectivity index (χ3n) is 1.85. The highest BCUT2D eigenvalue weighted by Gasteiger charge is 2.01. The molecule has 14 heavy (non-hydrogen) atoms. The first kappa shape index (κ1) is 10.7. The van der Waals surface area contributed by atoms with Crippen molar-refractivity contribution in [3.63, 3.8) is 0 Å². The van der Waals surface area contributed by atoms with Gasteiger partial charge in [0.2, 0.25) is 0 Å². The van der Waals surface area contributed by atoms with Crippen LogP contribution in [0.25, 0.3) is 0 Å². The van der Waals surface area contributed by atoms with E-state index < -0.39 is 6.10 Å². The Labute approximate surface area is 82.2 Å². The molecule has 1 heterocycles. The topological polar surface area (TPSA) is 78.0 Å². The number of hydrogen-bond donors (Lipinski definition) is 3.